The van der Waals surface area contributed by atoms with Gasteiger partial charge in [-0.25, -0.2) is 15.0 Å². The van der Waals surface area contributed by atoms with E-state index in [0.717, 1.165) is 44.9 Å². The second-order valence-electron chi connectivity index (χ2n) is 14.7. The molecule has 1 aliphatic heterocycles. The topological polar surface area (TPSA) is 47.9 Å². The van der Waals surface area contributed by atoms with Crippen LogP contribution >= 0.6 is 11.3 Å². The van der Waals surface area contributed by atoms with Crippen LogP contribution in [0.15, 0.2) is 188 Å². The Morgan fingerprint density at radius 1 is 0.386 bits per heavy atom. The molecule has 0 saturated heterocycles. The molecular weight excluding hydrogens is 715 g/mol. The minimum atomic E-state index is -0.644. The average molecular weight is 746 g/mol. The number of benzene rings is 8. The van der Waals surface area contributed by atoms with Crippen LogP contribution in [0.2, 0.25) is 0 Å². The van der Waals surface area contributed by atoms with E-state index in [1.165, 1.54) is 48.0 Å². The van der Waals surface area contributed by atoms with Crippen LogP contribution in [0.5, 0.6) is 11.5 Å². The molecule has 57 heavy (non-hydrogen) atoms. The van der Waals surface area contributed by atoms with E-state index in [1.807, 2.05) is 35.6 Å². The van der Waals surface area contributed by atoms with Crippen molar-refractivity contribution in [1.82, 2.24) is 15.0 Å². The molecule has 1 spiro atoms. The summed E-state index contributed by atoms with van der Waals surface area (Å²) in [6, 6.07) is 66.5. The Bertz CT molecular complexity index is 3160. The van der Waals surface area contributed by atoms with Gasteiger partial charge in [0.25, 0.3) is 0 Å². The number of aromatic nitrogens is 3. The quantitative estimate of drug-likeness (QED) is 0.180. The Kier molecular flexibility index (Phi) is 6.98. The molecule has 12 rings (SSSR count). The van der Waals surface area contributed by atoms with Gasteiger partial charge in [-0.05, 0) is 63.7 Å². The third-order valence-electron chi connectivity index (χ3n) is 11.6. The largest absolute Gasteiger partial charge is 0.457 e. The number of para-hydroxylation sites is 2. The van der Waals surface area contributed by atoms with E-state index in [-0.39, 0.29) is 0 Å². The summed E-state index contributed by atoms with van der Waals surface area (Å²) in [5.41, 5.74) is 11.6. The highest BCUT2D eigenvalue weighted by Gasteiger charge is 2.51. The molecule has 0 saturated carbocycles. The van der Waals surface area contributed by atoms with Crippen molar-refractivity contribution >= 4 is 31.5 Å². The van der Waals surface area contributed by atoms with Gasteiger partial charge in [0.15, 0.2) is 17.5 Å². The molecule has 1 aliphatic carbocycles. The number of hydrogen-bond donors (Lipinski definition) is 0. The zero-order chi connectivity index (χ0) is 37.5. The zero-order valence-electron chi connectivity index (χ0n) is 30.6. The van der Waals surface area contributed by atoms with Crippen LogP contribution < -0.4 is 4.74 Å². The number of hydrogen-bond acceptors (Lipinski definition) is 5. The van der Waals surface area contributed by atoms with E-state index in [9.17, 15) is 0 Å². The molecule has 10 aromatic rings. The van der Waals surface area contributed by atoms with E-state index in [0.29, 0.717) is 17.5 Å². The lowest BCUT2D eigenvalue weighted by Gasteiger charge is -2.39. The summed E-state index contributed by atoms with van der Waals surface area (Å²) < 4.78 is 9.26. The molecule has 2 aliphatic rings. The van der Waals surface area contributed by atoms with Crippen LogP contribution in [0.1, 0.15) is 22.3 Å². The molecule has 266 valence electrons. The van der Waals surface area contributed by atoms with Gasteiger partial charge in [0.1, 0.15) is 11.5 Å². The van der Waals surface area contributed by atoms with Gasteiger partial charge in [-0.3, -0.25) is 0 Å². The van der Waals surface area contributed by atoms with Crippen molar-refractivity contribution in [2.45, 2.75) is 5.41 Å². The molecule has 0 radical (unpaired) electrons. The predicted molar refractivity (Wildman–Crippen MR) is 232 cm³/mol. The molecule has 8 aromatic carbocycles. The molecule has 0 atom stereocenters. The minimum Gasteiger partial charge on any atom is -0.457 e. The summed E-state index contributed by atoms with van der Waals surface area (Å²) in [4.78, 5) is 15.5. The van der Waals surface area contributed by atoms with Crippen molar-refractivity contribution in [3.63, 3.8) is 0 Å². The molecule has 2 aromatic heterocycles. The molecule has 0 N–H and O–H groups in total. The standard InChI is InChI=1S/C52H31N3OS/c1-3-13-32(14-4-1)33-23-25-35(26-24-33)50-53-49(34-15-5-2-6-16-34)54-51(55-50)36-27-28-37-42(31-36)52(39-18-8-10-20-43(39)56-44-21-11-9-19-40(44)52)41-29-30-46-48(47(37)41)38-17-7-12-22-45(38)57-46/h1-31H. The SMILES string of the molecule is c1ccc(-c2ccc(-c3nc(-c4ccccc4)nc(-c4ccc5c(c4)C4(c6ccccc6Oc6ccccc64)c4ccc6sc7ccccc7c6c4-5)n3)cc2)cc1. The van der Waals surface area contributed by atoms with Gasteiger partial charge in [0.2, 0.25) is 0 Å². The molecule has 0 fully saturated rings. The third kappa shape index (κ3) is 4.76. The van der Waals surface area contributed by atoms with Crippen LogP contribution in [0, 0.1) is 0 Å². The first kappa shape index (κ1) is 32.1. The van der Waals surface area contributed by atoms with Gasteiger partial charge in [-0.1, -0.05) is 158 Å². The van der Waals surface area contributed by atoms with Crippen molar-refractivity contribution in [2.75, 3.05) is 0 Å². The van der Waals surface area contributed by atoms with Gasteiger partial charge < -0.3 is 4.74 Å². The maximum Gasteiger partial charge on any atom is 0.164 e. The fourth-order valence-electron chi connectivity index (χ4n) is 9.13. The normalized spacial score (nSPS) is 13.2. The first-order chi connectivity index (χ1) is 28.2. The van der Waals surface area contributed by atoms with Crippen LogP contribution in [-0.2, 0) is 5.41 Å². The molecule has 0 amide bonds. The van der Waals surface area contributed by atoms with Crippen molar-refractivity contribution < 1.29 is 4.74 Å². The summed E-state index contributed by atoms with van der Waals surface area (Å²) in [7, 11) is 0. The molecule has 5 heteroatoms. The number of thiophene rings is 1. The summed E-state index contributed by atoms with van der Waals surface area (Å²) in [5, 5.41) is 2.58. The fraction of sp³-hybridized carbons (Fsp3) is 0.0192. The summed E-state index contributed by atoms with van der Waals surface area (Å²) in [5.74, 6) is 3.62. The number of fused-ring (bicyclic) bond motifs is 13. The van der Waals surface area contributed by atoms with Crippen LogP contribution in [0.25, 0.3) is 76.6 Å². The zero-order valence-corrected chi connectivity index (χ0v) is 31.4. The third-order valence-corrected chi connectivity index (χ3v) is 12.8. The Morgan fingerprint density at radius 2 is 0.912 bits per heavy atom. The lowest BCUT2D eigenvalue weighted by Crippen LogP contribution is -2.32. The van der Waals surface area contributed by atoms with Crippen LogP contribution in [0.4, 0.5) is 0 Å². The van der Waals surface area contributed by atoms with E-state index in [2.05, 4.69) is 164 Å². The average Bonchev–Trinajstić information content (AvgIpc) is 3.80. The highest BCUT2D eigenvalue weighted by molar-refractivity contribution is 7.26. The Hall–Kier alpha value is -7.21. The van der Waals surface area contributed by atoms with Crippen molar-refractivity contribution in [1.29, 1.82) is 0 Å². The fourth-order valence-corrected chi connectivity index (χ4v) is 10.2. The van der Waals surface area contributed by atoms with Crippen molar-refractivity contribution in [3.05, 3.63) is 210 Å². The van der Waals surface area contributed by atoms with E-state index >= 15 is 0 Å². The van der Waals surface area contributed by atoms with Crippen molar-refractivity contribution in [3.8, 4) is 67.9 Å². The first-order valence-corrected chi connectivity index (χ1v) is 20.0. The molecule has 0 bridgehead atoms. The summed E-state index contributed by atoms with van der Waals surface area (Å²) in [6.45, 7) is 0. The number of nitrogens with zero attached hydrogens (tertiary/aromatic N) is 3. The Morgan fingerprint density at radius 3 is 1.61 bits per heavy atom. The van der Waals surface area contributed by atoms with E-state index in [4.69, 9.17) is 19.7 Å². The van der Waals surface area contributed by atoms with Gasteiger partial charge in [0.05, 0.1) is 5.41 Å². The maximum absolute atomic E-state index is 6.69. The van der Waals surface area contributed by atoms with E-state index in [1.54, 1.807) is 0 Å². The van der Waals surface area contributed by atoms with Crippen LogP contribution in [0.3, 0.4) is 0 Å². The predicted octanol–water partition coefficient (Wildman–Crippen LogP) is 13.4. The minimum absolute atomic E-state index is 0.625. The molecule has 0 unspecified atom stereocenters. The highest BCUT2D eigenvalue weighted by atomic mass is 32.1. The second kappa shape index (κ2) is 12.4. The van der Waals surface area contributed by atoms with Gasteiger partial charge in [0, 0.05) is 48.0 Å². The summed E-state index contributed by atoms with van der Waals surface area (Å²) in [6.07, 6.45) is 0. The van der Waals surface area contributed by atoms with Gasteiger partial charge in [-0.2, -0.15) is 0 Å². The summed E-state index contributed by atoms with van der Waals surface area (Å²) >= 11 is 1.86. The number of ether oxygens (including phenoxy) is 1. The van der Waals surface area contributed by atoms with Crippen molar-refractivity contribution in [2.24, 2.45) is 0 Å². The maximum atomic E-state index is 6.69. The van der Waals surface area contributed by atoms with Gasteiger partial charge in [-0.15, -0.1) is 11.3 Å². The first-order valence-electron chi connectivity index (χ1n) is 19.2. The second-order valence-corrected chi connectivity index (χ2v) is 15.8. The Balaban J connectivity index is 1.13. The smallest absolute Gasteiger partial charge is 0.164 e. The van der Waals surface area contributed by atoms with E-state index < -0.39 is 5.41 Å². The highest BCUT2D eigenvalue weighted by Crippen LogP contribution is 2.64. The monoisotopic (exact) mass is 745 g/mol. The molecule has 4 nitrogen and oxygen atoms in total. The number of rotatable bonds is 4. The Labute approximate surface area is 333 Å². The van der Waals surface area contributed by atoms with Crippen LogP contribution in [-0.4, -0.2) is 15.0 Å². The van der Waals surface area contributed by atoms with Gasteiger partial charge >= 0.3 is 0 Å². The lowest BCUT2D eigenvalue weighted by atomic mass is 9.66. The molecular formula is C52H31N3OS. The molecule has 3 heterocycles. The lowest BCUT2D eigenvalue weighted by molar-refractivity contribution is 0.436.